The number of hydrogen-bond acceptors (Lipinski definition) is 6. The molecule has 2 aromatic heterocycles. The molecule has 1 saturated heterocycles. The van der Waals surface area contributed by atoms with Crippen LogP contribution >= 0.6 is 0 Å². The third-order valence-electron chi connectivity index (χ3n) is 3.88. The molecule has 0 atom stereocenters. The Bertz CT molecular complexity index is 781. The van der Waals surface area contributed by atoms with E-state index in [0.29, 0.717) is 31.0 Å². The smallest absolute Gasteiger partial charge is 0.277 e. The average Bonchev–Trinajstić information content (AvgIpc) is 3.16. The molecular weight excluding hydrogens is 324 g/mol. The van der Waals surface area contributed by atoms with Crippen molar-refractivity contribution in [2.75, 3.05) is 27.3 Å². The Hall–Kier alpha value is -3.16. The van der Waals surface area contributed by atoms with Gasteiger partial charge in [0, 0.05) is 31.5 Å². The monoisotopic (exact) mass is 342 g/mol. The van der Waals surface area contributed by atoms with Gasteiger partial charge in [0.15, 0.2) is 0 Å². The predicted molar refractivity (Wildman–Crippen MR) is 88.3 cm³/mol. The van der Waals surface area contributed by atoms with Crippen LogP contribution in [-0.4, -0.2) is 59.1 Å². The van der Waals surface area contributed by atoms with E-state index in [9.17, 15) is 9.59 Å². The van der Waals surface area contributed by atoms with E-state index in [1.165, 1.54) is 30.4 Å². The summed E-state index contributed by atoms with van der Waals surface area (Å²) >= 11 is 0. The highest BCUT2D eigenvalue weighted by molar-refractivity contribution is 6.00. The third-order valence-corrected chi connectivity index (χ3v) is 3.88. The summed E-state index contributed by atoms with van der Waals surface area (Å²) < 4.78 is 10.2. The standard InChI is InChI=1S/C17H18N4O4/c1-24-14-7-6-13(15(19-14)25-2)17(23)21-10-4-9-20(21)16(22)12-5-3-8-18-11-12/h3,5-8,11H,4,9-10H2,1-2H3. The number of pyridine rings is 2. The SMILES string of the molecule is COc1ccc(C(=O)N2CCCN2C(=O)c2cccnc2)c(OC)n1. The molecule has 0 unspecified atom stereocenters. The normalized spacial score (nSPS) is 13.7. The van der Waals surface area contributed by atoms with Crippen molar-refractivity contribution in [3.63, 3.8) is 0 Å². The molecule has 0 N–H and O–H groups in total. The van der Waals surface area contributed by atoms with E-state index in [2.05, 4.69) is 9.97 Å². The van der Waals surface area contributed by atoms with E-state index in [-0.39, 0.29) is 23.3 Å². The second kappa shape index (κ2) is 7.16. The van der Waals surface area contributed by atoms with Crippen molar-refractivity contribution in [2.45, 2.75) is 6.42 Å². The largest absolute Gasteiger partial charge is 0.481 e. The molecule has 1 fully saturated rings. The van der Waals surface area contributed by atoms with E-state index >= 15 is 0 Å². The first-order valence-corrected chi connectivity index (χ1v) is 7.78. The van der Waals surface area contributed by atoms with Crippen LogP contribution in [0.2, 0.25) is 0 Å². The summed E-state index contributed by atoms with van der Waals surface area (Å²) in [6.45, 7) is 0.908. The Morgan fingerprint density at radius 3 is 2.44 bits per heavy atom. The number of hydrazine groups is 1. The summed E-state index contributed by atoms with van der Waals surface area (Å²) in [5, 5.41) is 2.85. The summed E-state index contributed by atoms with van der Waals surface area (Å²) in [5.41, 5.74) is 0.705. The van der Waals surface area contributed by atoms with Gasteiger partial charge < -0.3 is 9.47 Å². The maximum Gasteiger partial charge on any atom is 0.277 e. The minimum absolute atomic E-state index is 0.157. The lowest BCUT2D eigenvalue weighted by Gasteiger charge is -2.28. The first-order chi connectivity index (χ1) is 12.2. The van der Waals surface area contributed by atoms with Crippen molar-refractivity contribution in [1.29, 1.82) is 0 Å². The molecule has 130 valence electrons. The molecule has 25 heavy (non-hydrogen) atoms. The summed E-state index contributed by atoms with van der Waals surface area (Å²) in [7, 11) is 2.92. The molecule has 2 aromatic rings. The lowest BCUT2D eigenvalue weighted by atomic mass is 10.2. The van der Waals surface area contributed by atoms with Gasteiger partial charge in [0.25, 0.3) is 11.8 Å². The average molecular weight is 342 g/mol. The Kier molecular flexibility index (Phi) is 4.78. The van der Waals surface area contributed by atoms with E-state index < -0.39 is 0 Å². The number of amides is 2. The van der Waals surface area contributed by atoms with Gasteiger partial charge in [0.05, 0.1) is 19.8 Å². The van der Waals surface area contributed by atoms with Crippen molar-refractivity contribution in [3.8, 4) is 11.8 Å². The molecule has 0 bridgehead atoms. The zero-order chi connectivity index (χ0) is 17.8. The fourth-order valence-corrected chi connectivity index (χ4v) is 2.67. The highest BCUT2D eigenvalue weighted by Crippen LogP contribution is 2.24. The molecule has 0 radical (unpaired) electrons. The van der Waals surface area contributed by atoms with Crippen LogP contribution in [0.15, 0.2) is 36.7 Å². The van der Waals surface area contributed by atoms with Gasteiger partial charge in [-0.25, -0.2) is 10.0 Å². The Morgan fingerprint density at radius 2 is 1.80 bits per heavy atom. The fourth-order valence-electron chi connectivity index (χ4n) is 2.67. The lowest BCUT2D eigenvalue weighted by molar-refractivity contribution is 0.0183. The van der Waals surface area contributed by atoms with Gasteiger partial charge in [-0.3, -0.25) is 14.6 Å². The third kappa shape index (κ3) is 3.23. The van der Waals surface area contributed by atoms with Gasteiger partial charge in [-0.05, 0) is 24.6 Å². The van der Waals surface area contributed by atoms with Crippen molar-refractivity contribution in [3.05, 3.63) is 47.8 Å². The number of methoxy groups -OCH3 is 2. The number of carbonyl (C=O) groups excluding carboxylic acids is 2. The van der Waals surface area contributed by atoms with Crippen LogP contribution in [0.3, 0.4) is 0 Å². The summed E-state index contributed by atoms with van der Waals surface area (Å²) in [6, 6.07) is 6.52. The van der Waals surface area contributed by atoms with Crippen molar-refractivity contribution >= 4 is 11.8 Å². The zero-order valence-corrected chi connectivity index (χ0v) is 14.0. The van der Waals surface area contributed by atoms with E-state index in [0.717, 1.165) is 0 Å². The molecule has 0 aromatic carbocycles. The first kappa shape index (κ1) is 16.7. The molecule has 0 aliphatic carbocycles. The quantitative estimate of drug-likeness (QED) is 0.835. The number of ether oxygens (including phenoxy) is 2. The van der Waals surface area contributed by atoms with Crippen LogP contribution in [0.25, 0.3) is 0 Å². The minimum atomic E-state index is -0.346. The number of hydrogen-bond donors (Lipinski definition) is 0. The van der Waals surface area contributed by atoms with E-state index in [4.69, 9.17) is 9.47 Å². The van der Waals surface area contributed by atoms with E-state index in [1.807, 2.05) is 0 Å². The molecule has 1 aliphatic rings. The topological polar surface area (TPSA) is 84.9 Å². The van der Waals surface area contributed by atoms with Crippen LogP contribution in [0.5, 0.6) is 11.8 Å². The second-order valence-electron chi connectivity index (χ2n) is 5.36. The fraction of sp³-hybridized carbons (Fsp3) is 0.294. The highest BCUT2D eigenvalue weighted by Gasteiger charge is 2.33. The molecule has 3 heterocycles. The van der Waals surface area contributed by atoms with Gasteiger partial charge in [0.1, 0.15) is 5.56 Å². The molecule has 0 saturated carbocycles. The number of aromatic nitrogens is 2. The molecule has 1 aliphatic heterocycles. The molecule has 3 rings (SSSR count). The highest BCUT2D eigenvalue weighted by atomic mass is 16.5. The first-order valence-electron chi connectivity index (χ1n) is 7.78. The maximum atomic E-state index is 12.9. The molecule has 2 amide bonds. The second-order valence-corrected chi connectivity index (χ2v) is 5.36. The molecular formula is C17H18N4O4. The molecule has 8 nitrogen and oxygen atoms in total. The van der Waals surface area contributed by atoms with Gasteiger partial charge in [-0.15, -0.1) is 0 Å². The van der Waals surface area contributed by atoms with Crippen molar-refractivity contribution < 1.29 is 19.1 Å². The van der Waals surface area contributed by atoms with Crippen LogP contribution in [0, 0.1) is 0 Å². The number of nitrogens with zero attached hydrogens (tertiary/aromatic N) is 4. The predicted octanol–water partition coefficient (Wildman–Crippen LogP) is 1.40. The summed E-state index contributed by atoms with van der Waals surface area (Å²) in [6.07, 6.45) is 3.78. The number of carbonyl (C=O) groups is 2. The number of rotatable bonds is 4. The van der Waals surface area contributed by atoms with Gasteiger partial charge in [0.2, 0.25) is 11.8 Å². The Balaban J connectivity index is 1.87. The van der Waals surface area contributed by atoms with Crippen molar-refractivity contribution in [1.82, 2.24) is 20.0 Å². The van der Waals surface area contributed by atoms with Gasteiger partial charge >= 0.3 is 0 Å². The van der Waals surface area contributed by atoms with Crippen molar-refractivity contribution in [2.24, 2.45) is 0 Å². The maximum absolute atomic E-state index is 12.9. The van der Waals surface area contributed by atoms with Crippen LogP contribution in [-0.2, 0) is 0 Å². The Morgan fingerprint density at radius 1 is 1.04 bits per heavy atom. The van der Waals surface area contributed by atoms with Crippen LogP contribution in [0.1, 0.15) is 27.1 Å². The lowest BCUT2D eigenvalue weighted by Crippen LogP contribution is -2.45. The van der Waals surface area contributed by atoms with Gasteiger partial charge in [-0.2, -0.15) is 4.98 Å². The van der Waals surface area contributed by atoms with Crippen LogP contribution < -0.4 is 9.47 Å². The van der Waals surface area contributed by atoms with E-state index in [1.54, 1.807) is 30.5 Å². The summed E-state index contributed by atoms with van der Waals surface area (Å²) in [4.78, 5) is 33.7. The molecule has 0 spiro atoms. The Labute approximate surface area is 145 Å². The summed E-state index contributed by atoms with van der Waals surface area (Å²) in [5.74, 6) is -0.107. The minimum Gasteiger partial charge on any atom is -0.481 e. The van der Waals surface area contributed by atoms with Gasteiger partial charge in [-0.1, -0.05) is 0 Å². The zero-order valence-electron chi connectivity index (χ0n) is 14.0. The van der Waals surface area contributed by atoms with Crippen LogP contribution in [0.4, 0.5) is 0 Å². The molecule has 8 heteroatoms.